The van der Waals surface area contributed by atoms with Crippen LogP contribution in [0.15, 0.2) is 0 Å². The highest BCUT2D eigenvalue weighted by atomic mass is 32.6. The van der Waals surface area contributed by atoms with Crippen LogP contribution in [-0.2, 0) is 11.8 Å². The molecule has 0 aliphatic carbocycles. The Morgan fingerprint density at radius 1 is 2.00 bits per heavy atom. The van der Waals surface area contributed by atoms with Gasteiger partial charge in [0.25, 0.3) is 0 Å². The van der Waals surface area contributed by atoms with Crippen molar-refractivity contribution in [2.45, 2.75) is 0 Å². The lowest BCUT2D eigenvalue weighted by atomic mass is 18.9. The van der Waals surface area contributed by atoms with Gasteiger partial charge in [0.2, 0.25) is 0 Å². The largest absolute Gasteiger partial charge is 0.220 e. The molecule has 4 heteroatoms. The Bertz CT molecular complexity index is 20.0. The van der Waals surface area contributed by atoms with Crippen molar-refractivity contribution in [1.29, 1.82) is 0 Å². The van der Waals surface area contributed by atoms with Gasteiger partial charge in [0.1, 0.15) is 8.58 Å². The van der Waals surface area contributed by atoms with E-state index < -0.39 is 8.58 Å². The fourth-order valence-electron chi connectivity index (χ4n) is 0. The van der Waals surface area contributed by atoms with Crippen LogP contribution in [0.3, 0.4) is 0 Å². The Morgan fingerprint density at radius 3 is 2.25 bits per heavy atom. The summed E-state index contributed by atoms with van der Waals surface area (Å²) in [5, 5.41) is 0. The van der Waals surface area contributed by atoms with Crippen LogP contribution in [0.2, 0.25) is 0 Å². The Labute approximate surface area is 32.4 Å². The van der Waals surface area contributed by atoms with Gasteiger partial charge in [0.15, 0.2) is 0 Å². The van der Waals surface area contributed by atoms with Crippen LogP contribution in [0.5, 0.6) is 0 Å². The van der Waals surface area contributed by atoms with E-state index in [4.69, 9.17) is 0 Å². The number of hydrogen-bond acceptors (Lipinski definition) is 1. The SMILES string of the molecule is FPP=S. The third-order valence-electron chi connectivity index (χ3n) is 0.0345. The molecule has 1 unspecified atom stereocenters. The molecule has 0 N–H and O–H groups in total. The van der Waals surface area contributed by atoms with Crippen molar-refractivity contribution < 1.29 is 4.20 Å². The molecule has 0 amide bonds. The predicted octanol–water partition coefficient (Wildman–Crippen LogP) is 1.87. The summed E-state index contributed by atoms with van der Waals surface area (Å²) in [6.45, 7) is 0. The van der Waals surface area contributed by atoms with E-state index in [1.165, 1.54) is 0 Å². The second kappa shape index (κ2) is 3.88. The maximum atomic E-state index is 10.6. The molecular weight excluding hydrogens is 113 g/mol. The zero-order valence-electron chi connectivity index (χ0n) is 1.73. The maximum absolute atomic E-state index is 10.6. The Hall–Kier alpha value is 0.880. The van der Waals surface area contributed by atoms with Crippen LogP contribution < -0.4 is 0 Å². The molecule has 24 valence electrons. The standard InChI is InChI=1S/FHP2S/c1-2-3-4/h2H. The molecule has 0 fully saturated rings. The van der Waals surface area contributed by atoms with Crippen molar-refractivity contribution in [3.63, 3.8) is 0 Å². The third-order valence-corrected chi connectivity index (χ3v) is 0.932. The van der Waals surface area contributed by atoms with E-state index >= 15 is 0 Å². The smallest absolute Gasteiger partial charge is 0.131 e. The molecule has 0 nitrogen and oxygen atoms in total. The van der Waals surface area contributed by atoms with E-state index in [-0.39, 0.29) is 0 Å². The monoisotopic (exact) mass is 114 g/mol. The topological polar surface area (TPSA) is 0 Å². The molecule has 4 heavy (non-hydrogen) atoms. The normalized spacial score (nSPS) is 11.2. The first-order valence-electron chi connectivity index (χ1n) is 0.595. The number of halogens is 1. The lowest BCUT2D eigenvalue weighted by molar-refractivity contribution is 0.936. The zero-order valence-corrected chi connectivity index (χ0v) is 4.44. The summed E-state index contributed by atoms with van der Waals surface area (Å²) in [5.41, 5.74) is 0. The van der Waals surface area contributed by atoms with Gasteiger partial charge in [-0.3, -0.25) is 0 Å². The van der Waals surface area contributed by atoms with Gasteiger partial charge in [0.05, 0.1) is 0 Å². The van der Waals surface area contributed by atoms with E-state index in [2.05, 4.69) is 11.8 Å². The second-order valence-corrected chi connectivity index (χ2v) is 3.23. The first-order valence-corrected chi connectivity index (χ1v) is 4.22. The molecule has 0 aromatic carbocycles. The lowest BCUT2D eigenvalue weighted by Crippen LogP contribution is -0.839. The minimum atomic E-state index is -0.573. The van der Waals surface area contributed by atoms with E-state index in [0.717, 1.165) is 0 Å². The Balaban J connectivity index is 2.30. The summed E-state index contributed by atoms with van der Waals surface area (Å²) < 4.78 is 10.6. The summed E-state index contributed by atoms with van der Waals surface area (Å²) in [4.78, 5) is 0. The highest BCUT2D eigenvalue weighted by Gasteiger charge is 1.54. The molecule has 0 radical (unpaired) electrons. The molecular formula is HFP2S. The van der Waals surface area contributed by atoms with Gasteiger partial charge in [-0.05, 0) is 0 Å². The summed E-state index contributed by atoms with van der Waals surface area (Å²) in [6, 6.07) is 0. The van der Waals surface area contributed by atoms with Crippen molar-refractivity contribution in [2.75, 3.05) is 0 Å². The van der Waals surface area contributed by atoms with Crippen LogP contribution in [0.1, 0.15) is 0 Å². The van der Waals surface area contributed by atoms with E-state index in [1.54, 1.807) is 0 Å². The minimum absolute atomic E-state index is 0.443. The van der Waals surface area contributed by atoms with Crippen molar-refractivity contribution in [2.24, 2.45) is 0 Å². The van der Waals surface area contributed by atoms with Gasteiger partial charge in [-0.15, -0.1) is 0 Å². The zero-order chi connectivity index (χ0) is 3.41. The molecule has 0 rings (SSSR count). The molecule has 1 atom stereocenters. The average Bonchev–Trinajstić information content (AvgIpc) is 1.37. The van der Waals surface area contributed by atoms with Gasteiger partial charge in [-0.2, -0.15) is 0 Å². The Kier molecular flexibility index (Phi) is 4.73. The number of hydrogen-bond donors (Lipinski definition) is 0. The van der Waals surface area contributed by atoms with Crippen LogP contribution >= 0.6 is 15.6 Å². The maximum Gasteiger partial charge on any atom is 0.131 e. The fourth-order valence-corrected chi connectivity index (χ4v) is 0. The van der Waals surface area contributed by atoms with Crippen LogP contribution in [0.4, 0.5) is 4.20 Å². The van der Waals surface area contributed by atoms with Gasteiger partial charge in [0, 0.05) is 7.04 Å². The first kappa shape index (κ1) is 4.88. The second-order valence-electron chi connectivity index (χ2n) is 0.176. The summed E-state index contributed by atoms with van der Waals surface area (Å²) in [6.07, 6.45) is 0. The van der Waals surface area contributed by atoms with Crippen molar-refractivity contribution >= 4 is 27.4 Å². The quantitative estimate of drug-likeness (QED) is 0.469. The van der Waals surface area contributed by atoms with Crippen LogP contribution in [0, 0.1) is 0 Å². The van der Waals surface area contributed by atoms with Crippen molar-refractivity contribution in [3.05, 3.63) is 0 Å². The highest BCUT2D eigenvalue weighted by molar-refractivity contribution is 8.28. The molecule has 0 aromatic heterocycles. The molecule has 0 aromatic rings. The molecule has 0 aliphatic heterocycles. The molecule has 0 aliphatic rings. The minimum Gasteiger partial charge on any atom is -0.220 e. The molecule has 0 saturated heterocycles. The van der Waals surface area contributed by atoms with Crippen molar-refractivity contribution in [3.8, 4) is 0 Å². The molecule has 0 heterocycles. The molecule has 0 saturated carbocycles. The molecule has 0 bridgehead atoms. The van der Waals surface area contributed by atoms with E-state index in [1.807, 2.05) is 0 Å². The third kappa shape index (κ3) is 2.88. The predicted molar refractivity (Wildman–Crippen MR) is 23.7 cm³/mol. The van der Waals surface area contributed by atoms with E-state index in [9.17, 15) is 4.20 Å². The Morgan fingerprint density at radius 2 is 2.25 bits per heavy atom. The average molecular weight is 114 g/mol. The first-order chi connectivity index (χ1) is 1.91. The summed E-state index contributed by atoms with van der Waals surface area (Å²) >= 11 is 4.16. The van der Waals surface area contributed by atoms with Crippen molar-refractivity contribution in [1.82, 2.24) is 0 Å². The molecule has 0 spiro atoms. The van der Waals surface area contributed by atoms with Gasteiger partial charge >= 0.3 is 0 Å². The lowest BCUT2D eigenvalue weighted by Gasteiger charge is -1.50. The van der Waals surface area contributed by atoms with Gasteiger partial charge in [-0.1, -0.05) is 11.8 Å². The van der Waals surface area contributed by atoms with Crippen LogP contribution in [-0.4, -0.2) is 0 Å². The summed E-state index contributed by atoms with van der Waals surface area (Å²) in [5.74, 6) is 0. The highest BCUT2D eigenvalue weighted by Crippen LogP contribution is 2.26. The fraction of sp³-hybridized carbons (Fsp3) is 0. The van der Waals surface area contributed by atoms with Crippen LogP contribution in [0.25, 0.3) is 0 Å². The van der Waals surface area contributed by atoms with Gasteiger partial charge < -0.3 is 0 Å². The number of rotatable bonds is 1. The van der Waals surface area contributed by atoms with Gasteiger partial charge in [-0.25, -0.2) is 4.20 Å². The van der Waals surface area contributed by atoms with E-state index in [0.29, 0.717) is 7.04 Å². The summed E-state index contributed by atoms with van der Waals surface area (Å²) in [7, 11) is -0.130.